The van der Waals surface area contributed by atoms with E-state index in [0.29, 0.717) is 12.8 Å². The molecule has 0 aromatic heterocycles. The number of carbonyl (C=O) groups excluding carboxylic acids is 1. The van der Waals surface area contributed by atoms with Gasteiger partial charge in [-0.1, -0.05) is 0 Å². The van der Waals surface area contributed by atoms with Crippen molar-refractivity contribution in [1.29, 1.82) is 0 Å². The first kappa shape index (κ1) is 10.2. The average Bonchev–Trinajstić information content (AvgIpc) is 2.09. The van der Waals surface area contributed by atoms with E-state index in [1.807, 2.05) is 0 Å². The summed E-state index contributed by atoms with van der Waals surface area (Å²) in [6.07, 6.45) is 0.922. The van der Waals surface area contributed by atoms with Crippen LogP contribution >= 0.6 is 22.9 Å². The van der Waals surface area contributed by atoms with E-state index in [-0.39, 0.29) is 0 Å². The molecular formula is C7H12INO3. The molecule has 0 aromatic rings. The van der Waals surface area contributed by atoms with E-state index in [1.165, 1.54) is 7.11 Å². The van der Waals surface area contributed by atoms with Crippen LogP contribution in [0.1, 0.15) is 12.8 Å². The van der Waals surface area contributed by atoms with Gasteiger partial charge in [0.1, 0.15) is 0 Å². The Balaban J connectivity index is 2.55. The van der Waals surface area contributed by atoms with Crippen LogP contribution in [0.5, 0.6) is 0 Å². The number of esters is 1. The third kappa shape index (κ3) is 2.08. The van der Waals surface area contributed by atoms with E-state index in [4.69, 9.17) is 0 Å². The first-order valence-corrected chi connectivity index (χ1v) is 4.76. The highest BCUT2D eigenvalue weighted by molar-refractivity contribution is 14.1. The molecule has 0 aromatic carbocycles. The van der Waals surface area contributed by atoms with Crippen molar-refractivity contribution in [3.05, 3.63) is 0 Å². The largest absolute Gasteiger partial charge is 0.467 e. The van der Waals surface area contributed by atoms with Crippen LogP contribution in [-0.2, 0) is 9.53 Å². The van der Waals surface area contributed by atoms with Gasteiger partial charge in [0, 0.05) is 48.8 Å². The lowest BCUT2D eigenvalue weighted by molar-refractivity contribution is -0.165. The zero-order valence-corrected chi connectivity index (χ0v) is 9.07. The number of piperidine rings is 1. The Kier molecular flexibility index (Phi) is 3.30. The minimum absolute atomic E-state index is 0.461. The van der Waals surface area contributed by atoms with Gasteiger partial charge in [-0.3, -0.25) is 0 Å². The molecule has 1 saturated heterocycles. The molecule has 0 unspecified atom stereocenters. The first-order chi connectivity index (χ1) is 5.58. The zero-order valence-electron chi connectivity index (χ0n) is 6.92. The van der Waals surface area contributed by atoms with Crippen molar-refractivity contribution in [1.82, 2.24) is 3.11 Å². The van der Waals surface area contributed by atoms with Gasteiger partial charge in [0.05, 0.1) is 7.11 Å². The van der Waals surface area contributed by atoms with E-state index in [9.17, 15) is 9.90 Å². The summed E-state index contributed by atoms with van der Waals surface area (Å²) in [7, 11) is 1.30. The van der Waals surface area contributed by atoms with E-state index in [1.54, 1.807) is 0 Å². The molecule has 1 heterocycles. The molecule has 70 valence electrons. The number of halogens is 1. The molecule has 0 radical (unpaired) electrons. The molecule has 0 amide bonds. The standard InChI is InChI=1S/C7H12INO3/c1-12-6(10)7(11)2-4-9(8)5-3-7/h11H,2-5H2,1H3. The summed E-state index contributed by atoms with van der Waals surface area (Å²) in [5.74, 6) is -0.507. The van der Waals surface area contributed by atoms with Crippen LogP contribution in [0.25, 0.3) is 0 Å². The van der Waals surface area contributed by atoms with Crippen LogP contribution in [0.2, 0.25) is 0 Å². The lowest BCUT2D eigenvalue weighted by Crippen LogP contribution is -2.47. The minimum Gasteiger partial charge on any atom is -0.467 e. The molecule has 1 aliphatic heterocycles. The van der Waals surface area contributed by atoms with Crippen molar-refractivity contribution in [2.24, 2.45) is 0 Å². The fourth-order valence-corrected chi connectivity index (χ4v) is 1.73. The van der Waals surface area contributed by atoms with Crippen molar-refractivity contribution in [3.8, 4) is 0 Å². The van der Waals surface area contributed by atoms with Gasteiger partial charge in [0.25, 0.3) is 0 Å². The smallest absolute Gasteiger partial charge is 0.337 e. The van der Waals surface area contributed by atoms with Gasteiger partial charge in [0.2, 0.25) is 0 Å². The van der Waals surface area contributed by atoms with Crippen molar-refractivity contribution >= 4 is 28.8 Å². The van der Waals surface area contributed by atoms with Gasteiger partial charge in [-0.25, -0.2) is 7.91 Å². The van der Waals surface area contributed by atoms with Crippen molar-refractivity contribution in [3.63, 3.8) is 0 Å². The molecule has 1 N–H and O–H groups in total. The molecule has 0 spiro atoms. The van der Waals surface area contributed by atoms with Gasteiger partial charge < -0.3 is 9.84 Å². The van der Waals surface area contributed by atoms with Gasteiger partial charge >= 0.3 is 5.97 Å². The number of ether oxygens (including phenoxy) is 1. The fourth-order valence-electron chi connectivity index (χ4n) is 1.24. The van der Waals surface area contributed by atoms with Crippen LogP contribution in [0.3, 0.4) is 0 Å². The topological polar surface area (TPSA) is 49.8 Å². The van der Waals surface area contributed by atoms with Crippen LogP contribution in [0.15, 0.2) is 0 Å². The van der Waals surface area contributed by atoms with Gasteiger partial charge in [0.15, 0.2) is 5.60 Å². The Morgan fingerprint density at radius 2 is 2.08 bits per heavy atom. The highest BCUT2D eigenvalue weighted by Gasteiger charge is 2.39. The Labute approximate surface area is 85.4 Å². The summed E-state index contributed by atoms with van der Waals surface area (Å²) in [6.45, 7) is 1.46. The Hall–Kier alpha value is 0.120. The molecular weight excluding hydrogens is 273 g/mol. The predicted molar refractivity (Wildman–Crippen MR) is 51.8 cm³/mol. The zero-order chi connectivity index (χ0) is 9.19. The summed E-state index contributed by atoms with van der Waals surface area (Å²) in [5, 5.41) is 9.75. The Morgan fingerprint density at radius 1 is 1.58 bits per heavy atom. The lowest BCUT2D eigenvalue weighted by atomic mass is 9.93. The number of nitrogens with zero attached hydrogens (tertiary/aromatic N) is 1. The average molecular weight is 285 g/mol. The van der Waals surface area contributed by atoms with Crippen molar-refractivity contribution in [2.75, 3.05) is 20.2 Å². The quantitative estimate of drug-likeness (QED) is 0.429. The maximum atomic E-state index is 11.1. The lowest BCUT2D eigenvalue weighted by Gasteiger charge is -2.32. The molecule has 12 heavy (non-hydrogen) atoms. The summed E-state index contributed by atoms with van der Waals surface area (Å²) in [6, 6.07) is 0. The van der Waals surface area contributed by atoms with Crippen LogP contribution in [0, 0.1) is 0 Å². The summed E-state index contributed by atoms with van der Waals surface area (Å²) in [5.41, 5.74) is -1.24. The third-order valence-corrected chi connectivity index (χ3v) is 3.07. The second kappa shape index (κ2) is 3.89. The SMILES string of the molecule is COC(=O)C1(O)CCN(I)CC1. The second-order valence-electron chi connectivity index (χ2n) is 2.93. The molecule has 0 aliphatic carbocycles. The normalized spacial score (nSPS) is 23.6. The number of hydrogen-bond donors (Lipinski definition) is 1. The van der Waals surface area contributed by atoms with Crippen LogP contribution in [0.4, 0.5) is 0 Å². The maximum absolute atomic E-state index is 11.1. The van der Waals surface area contributed by atoms with E-state index >= 15 is 0 Å². The Bertz CT molecular complexity index is 177. The van der Waals surface area contributed by atoms with E-state index in [0.717, 1.165) is 13.1 Å². The van der Waals surface area contributed by atoms with Crippen LogP contribution in [-0.4, -0.2) is 40.0 Å². The van der Waals surface area contributed by atoms with E-state index in [2.05, 4.69) is 30.7 Å². The molecule has 5 heteroatoms. The first-order valence-electron chi connectivity index (χ1n) is 3.80. The number of hydrogen-bond acceptors (Lipinski definition) is 4. The highest BCUT2D eigenvalue weighted by atomic mass is 127. The number of aliphatic hydroxyl groups is 1. The molecule has 0 atom stereocenters. The highest BCUT2D eigenvalue weighted by Crippen LogP contribution is 2.24. The van der Waals surface area contributed by atoms with Gasteiger partial charge in [-0.15, -0.1) is 0 Å². The minimum atomic E-state index is -1.24. The second-order valence-corrected chi connectivity index (χ2v) is 4.30. The van der Waals surface area contributed by atoms with Gasteiger partial charge in [-0.05, 0) is 0 Å². The molecule has 0 saturated carbocycles. The van der Waals surface area contributed by atoms with E-state index < -0.39 is 11.6 Å². The predicted octanol–water partition coefficient (Wildman–Crippen LogP) is 0.336. The van der Waals surface area contributed by atoms with Crippen molar-refractivity contribution < 1.29 is 14.6 Å². The molecule has 1 aliphatic rings. The number of carbonyl (C=O) groups is 1. The maximum Gasteiger partial charge on any atom is 0.337 e. The monoisotopic (exact) mass is 285 g/mol. The van der Waals surface area contributed by atoms with Crippen molar-refractivity contribution in [2.45, 2.75) is 18.4 Å². The Morgan fingerprint density at radius 3 is 2.50 bits per heavy atom. The third-order valence-electron chi connectivity index (χ3n) is 2.10. The number of methoxy groups -OCH3 is 1. The fraction of sp³-hybridized carbons (Fsp3) is 0.857. The van der Waals surface area contributed by atoms with Gasteiger partial charge in [-0.2, -0.15) is 0 Å². The molecule has 0 bridgehead atoms. The summed E-state index contributed by atoms with van der Waals surface area (Å²) in [4.78, 5) is 11.1. The molecule has 4 nitrogen and oxygen atoms in total. The number of rotatable bonds is 1. The molecule has 1 fully saturated rings. The van der Waals surface area contributed by atoms with Crippen LogP contribution < -0.4 is 0 Å². The summed E-state index contributed by atoms with van der Waals surface area (Å²) >= 11 is 2.18. The summed E-state index contributed by atoms with van der Waals surface area (Å²) < 4.78 is 6.57. The molecule has 1 rings (SSSR count).